The first kappa shape index (κ1) is 25.7. The molecule has 7 heteroatoms. The Hall–Kier alpha value is -2.35. The van der Waals surface area contributed by atoms with E-state index >= 15 is 0 Å². The summed E-state index contributed by atoms with van der Waals surface area (Å²) in [6, 6.07) is 18.1. The summed E-state index contributed by atoms with van der Waals surface area (Å²) in [4.78, 5) is 2.68. The second-order valence-corrected chi connectivity index (χ2v) is 10.1. The van der Waals surface area contributed by atoms with E-state index in [0.717, 1.165) is 75.0 Å². The number of ether oxygens (including phenoxy) is 3. The van der Waals surface area contributed by atoms with Gasteiger partial charge in [0.2, 0.25) is 0 Å². The van der Waals surface area contributed by atoms with Crippen molar-refractivity contribution in [1.29, 1.82) is 0 Å². The Morgan fingerprint density at radius 3 is 2.60 bits per heavy atom. The van der Waals surface area contributed by atoms with Crippen LogP contribution in [0.15, 0.2) is 48.5 Å². The molecule has 0 amide bonds. The van der Waals surface area contributed by atoms with Gasteiger partial charge in [-0.25, -0.2) is 0 Å². The van der Waals surface area contributed by atoms with Crippen LogP contribution in [0.4, 0.5) is 0 Å². The predicted molar refractivity (Wildman–Crippen MR) is 144 cm³/mol. The summed E-state index contributed by atoms with van der Waals surface area (Å²) in [5, 5.41) is 7.70. The van der Waals surface area contributed by atoms with E-state index in [1.807, 2.05) is 0 Å². The van der Waals surface area contributed by atoms with Gasteiger partial charge in [-0.3, -0.25) is 4.90 Å². The highest BCUT2D eigenvalue weighted by Gasteiger charge is 2.51. The zero-order valence-electron chi connectivity index (χ0n) is 21.2. The number of rotatable bonds is 10. The lowest BCUT2D eigenvalue weighted by Crippen LogP contribution is -2.53. The highest BCUT2D eigenvalue weighted by atomic mass is 32.1. The maximum absolute atomic E-state index is 5.68. The summed E-state index contributed by atoms with van der Waals surface area (Å²) >= 11 is 5.61. The van der Waals surface area contributed by atoms with E-state index in [0.29, 0.717) is 12.1 Å². The van der Waals surface area contributed by atoms with Crippen molar-refractivity contribution in [1.82, 2.24) is 15.5 Å². The van der Waals surface area contributed by atoms with Crippen molar-refractivity contribution in [2.75, 3.05) is 41.0 Å². The van der Waals surface area contributed by atoms with E-state index in [-0.39, 0.29) is 5.41 Å². The third-order valence-corrected chi connectivity index (χ3v) is 7.97. The Morgan fingerprint density at radius 2 is 1.86 bits per heavy atom. The number of nitrogens with one attached hydrogen (secondary N) is 2. The van der Waals surface area contributed by atoms with Gasteiger partial charge in [0, 0.05) is 44.3 Å². The van der Waals surface area contributed by atoms with E-state index in [1.165, 1.54) is 11.1 Å². The zero-order chi connectivity index (χ0) is 24.7. The van der Waals surface area contributed by atoms with Crippen LogP contribution in [0.5, 0.6) is 11.5 Å². The number of nitrogens with zero attached hydrogens (tertiary/aromatic N) is 1. The Labute approximate surface area is 215 Å². The molecule has 0 aromatic heterocycles. The van der Waals surface area contributed by atoms with Crippen molar-refractivity contribution < 1.29 is 14.2 Å². The maximum Gasteiger partial charge on any atom is 0.166 e. The lowest BCUT2D eigenvalue weighted by molar-refractivity contribution is 0.134. The van der Waals surface area contributed by atoms with Crippen LogP contribution in [-0.2, 0) is 16.7 Å². The van der Waals surface area contributed by atoms with Crippen molar-refractivity contribution in [2.24, 2.45) is 0 Å². The Kier molecular flexibility index (Phi) is 8.87. The minimum absolute atomic E-state index is 0.0972. The first-order valence-electron chi connectivity index (χ1n) is 12.6. The van der Waals surface area contributed by atoms with E-state index in [2.05, 4.69) is 64.1 Å². The van der Waals surface area contributed by atoms with Gasteiger partial charge in [0.25, 0.3) is 0 Å². The summed E-state index contributed by atoms with van der Waals surface area (Å²) in [5.74, 6) is 1.59. The molecule has 6 nitrogen and oxygen atoms in total. The van der Waals surface area contributed by atoms with E-state index < -0.39 is 0 Å². The number of hydrogen-bond donors (Lipinski definition) is 2. The van der Waals surface area contributed by atoms with Gasteiger partial charge in [-0.15, -0.1) is 0 Å². The van der Waals surface area contributed by atoms with Crippen molar-refractivity contribution in [3.05, 3.63) is 59.7 Å². The third-order valence-electron chi connectivity index (χ3n) is 7.70. The number of fused-ring (bicyclic) bond motifs is 1. The lowest BCUT2D eigenvalue weighted by atomic mass is 9.65. The minimum Gasteiger partial charge on any atom is -0.493 e. The molecule has 0 bridgehead atoms. The van der Waals surface area contributed by atoms with Crippen molar-refractivity contribution in [3.63, 3.8) is 0 Å². The summed E-state index contributed by atoms with van der Waals surface area (Å²) < 4.78 is 16.3. The fourth-order valence-corrected chi connectivity index (χ4v) is 6.19. The number of methoxy groups -OCH3 is 3. The van der Waals surface area contributed by atoms with Gasteiger partial charge >= 0.3 is 0 Å². The van der Waals surface area contributed by atoms with Gasteiger partial charge in [-0.05, 0) is 74.1 Å². The van der Waals surface area contributed by atoms with Crippen LogP contribution in [0.3, 0.4) is 0 Å². The van der Waals surface area contributed by atoms with Gasteiger partial charge in [-0.1, -0.05) is 36.4 Å². The molecule has 1 saturated carbocycles. The predicted octanol–water partition coefficient (Wildman–Crippen LogP) is 4.27. The fourth-order valence-electron chi connectivity index (χ4n) is 5.92. The minimum atomic E-state index is 0.0972. The van der Waals surface area contributed by atoms with Crippen LogP contribution >= 0.6 is 12.2 Å². The molecule has 0 spiro atoms. The second-order valence-electron chi connectivity index (χ2n) is 9.67. The Balaban J connectivity index is 1.54. The highest BCUT2D eigenvalue weighted by molar-refractivity contribution is 7.80. The molecular formula is C28H39N3O3S. The van der Waals surface area contributed by atoms with Gasteiger partial charge in [0.1, 0.15) is 0 Å². The van der Waals surface area contributed by atoms with Crippen LogP contribution in [0.25, 0.3) is 0 Å². The van der Waals surface area contributed by atoms with Gasteiger partial charge in [-0.2, -0.15) is 0 Å². The number of likely N-dealkylation sites (tertiary alicyclic amines) is 1. The molecule has 190 valence electrons. The SMILES string of the molecule is COCCCNC(=S)N[C@H]1CC[C@@]2(c3ccc(OC)c(OC)c3)CCN(Cc3ccccc3)[C@@H]2C1. The molecular weight excluding hydrogens is 458 g/mol. The normalized spacial score (nSPS) is 24.0. The maximum atomic E-state index is 5.68. The van der Waals surface area contributed by atoms with Crippen molar-refractivity contribution in [2.45, 2.75) is 56.1 Å². The molecule has 1 saturated heterocycles. The molecule has 3 atom stereocenters. The average molecular weight is 498 g/mol. The number of thiocarbonyl (C=S) groups is 1. The number of hydrogen-bond acceptors (Lipinski definition) is 5. The summed E-state index contributed by atoms with van der Waals surface area (Å²) in [6.07, 6.45) is 5.35. The average Bonchev–Trinajstić information content (AvgIpc) is 3.25. The monoisotopic (exact) mass is 497 g/mol. The third kappa shape index (κ3) is 5.90. The van der Waals surface area contributed by atoms with Crippen LogP contribution in [0, 0.1) is 0 Å². The summed E-state index contributed by atoms with van der Waals surface area (Å²) in [7, 11) is 5.14. The quantitative estimate of drug-likeness (QED) is 0.376. The molecule has 2 fully saturated rings. The highest BCUT2D eigenvalue weighted by Crippen LogP contribution is 2.50. The molecule has 2 N–H and O–H groups in total. The topological polar surface area (TPSA) is 55.0 Å². The molecule has 35 heavy (non-hydrogen) atoms. The van der Waals surface area contributed by atoms with Gasteiger partial charge in [0.15, 0.2) is 16.6 Å². The van der Waals surface area contributed by atoms with Gasteiger partial charge < -0.3 is 24.8 Å². The molecule has 2 aromatic carbocycles. The first-order valence-corrected chi connectivity index (χ1v) is 13.0. The van der Waals surface area contributed by atoms with Crippen molar-refractivity contribution in [3.8, 4) is 11.5 Å². The van der Waals surface area contributed by atoms with Crippen LogP contribution in [0.2, 0.25) is 0 Å². The Morgan fingerprint density at radius 1 is 1.06 bits per heavy atom. The smallest absolute Gasteiger partial charge is 0.166 e. The molecule has 2 aliphatic rings. The van der Waals surface area contributed by atoms with E-state index in [1.54, 1.807) is 21.3 Å². The second kappa shape index (κ2) is 12.1. The van der Waals surface area contributed by atoms with Crippen LogP contribution in [-0.4, -0.2) is 63.1 Å². The number of benzene rings is 2. The van der Waals surface area contributed by atoms with E-state index in [4.69, 9.17) is 26.4 Å². The molecule has 1 heterocycles. The molecule has 1 aliphatic heterocycles. The standard InChI is InChI=1S/C28H39N3O3S/c1-32-17-7-15-29-27(35)30-23-12-13-28(22-10-11-24(33-2)25(18-22)34-3)14-16-31(26(28)19-23)20-21-8-5-4-6-9-21/h4-6,8-11,18,23,26H,7,12-17,19-20H2,1-3H3,(H2,29,30,35)/t23-,26+,28-/m0/s1. The molecule has 0 radical (unpaired) electrons. The Bertz CT molecular complexity index is 973. The summed E-state index contributed by atoms with van der Waals surface area (Å²) in [6.45, 7) is 3.61. The van der Waals surface area contributed by atoms with Gasteiger partial charge in [0.05, 0.1) is 14.2 Å². The zero-order valence-corrected chi connectivity index (χ0v) is 22.0. The summed E-state index contributed by atoms with van der Waals surface area (Å²) in [5.41, 5.74) is 2.82. The fraction of sp³-hybridized carbons (Fsp3) is 0.536. The first-order chi connectivity index (χ1) is 17.1. The van der Waals surface area contributed by atoms with Crippen LogP contribution in [0.1, 0.15) is 43.2 Å². The van der Waals surface area contributed by atoms with Crippen molar-refractivity contribution >= 4 is 17.3 Å². The largest absolute Gasteiger partial charge is 0.493 e. The van der Waals surface area contributed by atoms with Crippen LogP contribution < -0.4 is 20.1 Å². The lowest BCUT2D eigenvalue weighted by Gasteiger charge is -2.46. The molecule has 1 aliphatic carbocycles. The molecule has 2 aromatic rings. The molecule has 4 rings (SSSR count). The van der Waals surface area contributed by atoms with E-state index in [9.17, 15) is 0 Å². The molecule has 0 unspecified atom stereocenters.